The summed E-state index contributed by atoms with van der Waals surface area (Å²) in [7, 11) is -8.51. The average molecular weight is 231 g/mol. The molecule has 13 heavy (non-hydrogen) atoms. The highest BCUT2D eigenvalue weighted by Gasteiger charge is 2.21. The van der Waals surface area contributed by atoms with Gasteiger partial charge in [0.15, 0.2) is 0 Å². The van der Waals surface area contributed by atoms with Crippen LogP contribution in [0, 0.1) is 0 Å². The smallest absolute Gasteiger partial charge is 0.288 e. The topological polar surface area (TPSA) is 121 Å². The van der Waals surface area contributed by atoms with Crippen LogP contribution in [0.4, 0.5) is 0 Å². The van der Waals surface area contributed by atoms with Gasteiger partial charge in [0.2, 0.25) is 0 Å². The van der Waals surface area contributed by atoms with Crippen molar-refractivity contribution in [3.8, 4) is 0 Å². The molecule has 0 radical (unpaired) electrons. The van der Waals surface area contributed by atoms with Crippen molar-refractivity contribution < 1.29 is 25.3 Å². The summed E-state index contributed by atoms with van der Waals surface area (Å²) in [5, 5.41) is 0. The summed E-state index contributed by atoms with van der Waals surface area (Å²) in [6.45, 7) is -0.251. The van der Waals surface area contributed by atoms with E-state index in [-0.39, 0.29) is 12.8 Å². The van der Waals surface area contributed by atoms with E-state index >= 15 is 0 Å². The van der Waals surface area contributed by atoms with Crippen LogP contribution in [0.1, 0.15) is 0 Å². The maximum absolute atomic E-state index is 10.7. The number of hydrogen-bond donors (Lipinski definition) is 1. The van der Waals surface area contributed by atoms with Crippen LogP contribution in [0.25, 0.3) is 0 Å². The van der Waals surface area contributed by atoms with Gasteiger partial charge in [-0.3, -0.25) is 0 Å². The molecular formula is C4H9NO6S2. The minimum atomic E-state index is -4.32. The zero-order valence-electron chi connectivity index (χ0n) is 6.54. The molecule has 0 amide bonds. The van der Waals surface area contributed by atoms with E-state index in [0.717, 1.165) is 0 Å². The molecule has 78 valence electrons. The monoisotopic (exact) mass is 231 g/mol. The Morgan fingerprint density at radius 2 is 1.69 bits per heavy atom. The maximum Gasteiger partial charge on any atom is 0.288 e. The van der Waals surface area contributed by atoms with Crippen LogP contribution < -0.4 is 5.73 Å². The van der Waals surface area contributed by atoms with Gasteiger partial charge in [-0.15, -0.1) is 3.63 Å². The second-order valence-electron chi connectivity index (χ2n) is 2.01. The van der Waals surface area contributed by atoms with Crippen molar-refractivity contribution in [2.24, 2.45) is 5.73 Å². The second-order valence-corrected chi connectivity index (χ2v) is 5.53. The molecule has 0 aromatic rings. The van der Waals surface area contributed by atoms with E-state index in [1.165, 1.54) is 0 Å². The molecule has 9 heteroatoms. The van der Waals surface area contributed by atoms with Gasteiger partial charge in [0.25, 0.3) is 20.2 Å². The van der Waals surface area contributed by atoms with Crippen LogP contribution in [-0.4, -0.2) is 41.2 Å². The van der Waals surface area contributed by atoms with Crippen molar-refractivity contribution in [1.82, 2.24) is 0 Å². The van der Waals surface area contributed by atoms with E-state index in [2.05, 4.69) is 3.63 Å². The first-order chi connectivity index (χ1) is 5.83. The van der Waals surface area contributed by atoms with Crippen LogP contribution in [0.3, 0.4) is 0 Å². The van der Waals surface area contributed by atoms with Crippen molar-refractivity contribution in [2.75, 3.05) is 18.1 Å². The molecule has 0 spiro atoms. The predicted molar refractivity (Wildman–Crippen MR) is 43.8 cm³/mol. The summed E-state index contributed by atoms with van der Waals surface area (Å²) >= 11 is 0. The highest BCUT2D eigenvalue weighted by molar-refractivity contribution is 8.00. The Balaban J connectivity index is 4.53. The first-order valence-corrected chi connectivity index (χ1v) is 6.28. The van der Waals surface area contributed by atoms with Crippen LogP contribution >= 0.6 is 0 Å². The molecule has 0 fully saturated rings. The fraction of sp³-hybridized carbons (Fsp3) is 0.750. The van der Waals surface area contributed by atoms with E-state index in [1.807, 2.05) is 0 Å². The van der Waals surface area contributed by atoms with Crippen molar-refractivity contribution in [1.29, 1.82) is 0 Å². The van der Waals surface area contributed by atoms with Crippen LogP contribution in [-0.2, 0) is 28.7 Å². The molecular weight excluding hydrogens is 222 g/mol. The van der Waals surface area contributed by atoms with Crippen LogP contribution in [0.5, 0.6) is 0 Å². The zero-order valence-corrected chi connectivity index (χ0v) is 8.18. The Morgan fingerprint density at radius 3 is 2.08 bits per heavy atom. The number of hydrogen-bond acceptors (Lipinski definition) is 7. The Bertz CT molecular complexity index is 354. The Labute approximate surface area is 76.1 Å². The van der Waals surface area contributed by atoms with Gasteiger partial charge in [-0.25, -0.2) is 0 Å². The summed E-state index contributed by atoms with van der Waals surface area (Å²) in [4.78, 5) is 9.79. The molecule has 2 N–H and O–H groups in total. The molecule has 0 heterocycles. The Hall–Kier alpha value is -0.510. The lowest BCUT2D eigenvalue weighted by molar-refractivity contribution is -0.105. The minimum absolute atomic E-state index is 0.0350. The molecule has 0 aromatic carbocycles. The molecule has 0 saturated carbocycles. The molecule has 7 nitrogen and oxygen atoms in total. The summed E-state index contributed by atoms with van der Waals surface area (Å²) in [6, 6.07) is 0. The zero-order chi connectivity index (χ0) is 10.5. The molecule has 0 aromatic heterocycles. The molecule has 0 aliphatic rings. The highest BCUT2D eigenvalue weighted by Crippen LogP contribution is 2.00. The van der Waals surface area contributed by atoms with Crippen molar-refractivity contribution in [3.05, 3.63) is 0 Å². The number of carbonyl (C=O) groups is 1. The van der Waals surface area contributed by atoms with E-state index in [4.69, 9.17) is 5.73 Å². The lowest BCUT2D eigenvalue weighted by Gasteiger charge is -2.01. The maximum atomic E-state index is 10.7. The highest BCUT2D eigenvalue weighted by atomic mass is 32.3. The summed E-state index contributed by atoms with van der Waals surface area (Å²) in [6.07, 6.45) is 0.0350. The molecule has 0 unspecified atom stereocenters. The fourth-order valence-corrected chi connectivity index (χ4v) is 2.66. The third-order valence-corrected chi connectivity index (χ3v) is 3.79. The van der Waals surface area contributed by atoms with E-state index in [1.54, 1.807) is 0 Å². The van der Waals surface area contributed by atoms with Gasteiger partial charge < -0.3 is 10.5 Å². The third-order valence-electron chi connectivity index (χ3n) is 0.847. The van der Waals surface area contributed by atoms with Gasteiger partial charge in [-0.05, 0) is 0 Å². The fourth-order valence-electron chi connectivity index (χ4n) is 0.447. The van der Waals surface area contributed by atoms with Gasteiger partial charge >= 0.3 is 0 Å². The van der Waals surface area contributed by atoms with Gasteiger partial charge in [-0.1, -0.05) is 0 Å². The van der Waals surface area contributed by atoms with E-state index < -0.39 is 31.7 Å². The van der Waals surface area contributed by atoms with Crippen molar-refractivity contribution >= 4 is 26.5 Å². The second kappa shape index (κ2) is 4.65. The lowest BCUT2D eigenvalue weighted by Crippen LogP contribution is -2.23. The van der Waals surface area contributed by atoms with Gasteiger partial charge in [0.05, 0.1) is 5.75 Å². The van der Waals surface area contributed by atoms with Crippen molar-refractivity contribution in [2.45, 2.75) is 0 Å². The van der Waals surface area contributed by atoms with E-state index in [9.17, 15) is 21.6 Å². The number of rotatable bonds is 6. The first-order valence-electron chi connectivity index (χ1n) is 3.13. The molecule has 0 saturated heterocycles. The largest absolute Gasteiger partial charge is 0.329 e. The van der Waals surface area contributed by atoms with Gasteiger partial charge in [0.1, 0.15) is 12.0 Å². The van der Waals surface area contributed by atoms with E-state index in [0.29, 0.717) is 0 Å². The minimum Gasteiger partial charge on any atom is -0.329 e. The van der Waals surface area contributed by atoms with Crippen LogP contribution in [0.15, 0.2) is 0 Å². The molecule has 0 aliphatic heterocycles. The third kappa shape index (κ3) is 5.69. The Kier molecular flexibility index (Phi) is 4.47. The number of carbonyl (C=O) groups excluding carboxylic acids is 1. The van der Waals surface area contributed by atoms with Gasteiger partial charge in [0, 0.05) is 6.54 Å². The quantitative estimate of drug-likeness (QED) is 0.516. The van der Waals surface area contributed by atoms with Crippen LogP contribution in [0.2, 0.25) is 0 Å². The van der Waals surface area contributed by atoms with Gasteiger partial charge in [-0.2, -0.15) is 16.8 Å². The number of aldehydes is 1. The van der Waals surface area contributed by atoms with Crippen molar-refractivity contribution in [3.63, 3.8) is 0 Å². The number of nitrogens with two attached hydrogens (primary N) is 1. The molecule has 0 bridgehead atoms. The lowest BCUT2D eigenvalue weighted by atomic mass is 10.8. The summed E-state index contributed by atoms with van der Waals surface area (Å²) < 4.78 is 46.5. The molecule has 0 atom stereocenters. The standard InChI is InChI=1S/C4H9NO6S2/c5-1-3-12(7,8)11-13(9,10)4-2-6/h2H,1,3-5H2. The predicted octanol–water partition coefficient (Wildman–Crippen LogP) is -2.18. The molecule has 0 aliphatic carbocycles. The average Bonchev–Trinajstić information content (AvgIpc) is 1.82. The summed E-state index contributed by atoms with van der Waals surface area (Å²) in [5.41, 5.74) is 4.88. The first kappa shape index (κ1) is 12.5. The molecule has 0 rings (SSSR count). The SMILES string of the molecule is NCCS(=O)(=O)OS(=O)(=O)CC=O. The Morgan fingerprint density at radius 1 is 1.15 bits per heavy atom. The normalized spacial score (nSPS) is 12.7. The summed E-state index contributed by atoms with van der Waals surface area (Å²) in [5.74, 6) is -1.60.